The van der Waals surface area contributed by atoms with E-state index in [2.05, 4.69) is 5.32 Å². The molecule has 0 aliphatic carbocycles. The quantitative estimate of drug-likeness (QED) is 0.780. The van der Waals surface area contributed by atoms with Crippen molar-refractivity contribution in [2.75, 3.05) is 13.7 Å². The Bertz CT molecular complexity index is 726. The number of rotatable bonds is 8. The van der Waals surface area contributed by atoms with Crippen LogP contribution >= 0.6 is 0 Å². The van der Waals surface area contributed by atoms with E-state index in [9.17, 15) is 9.59 Å². The van der Waals surface area contributed by atoms with Gasteiger partial charge >= 0.3 is 5.97 Å². The van der Waals surface area contributed by atoms with Crippen molar-refractivity contribution in [2.45, 2.75) is 26.2 Å². The first kappa shape index (κ1) is 17.8. The summed E-state index contributed by atoms with van der Waals surface area (Å²) in [4.78, 5) is 23.3. The van der Waals surface area contributed by atoms with Crippen LogP contribution in [0.15, 0.2) is 36.4 Å². The highest BCUT2D eigenvalue weighted by Crippen LogP contribution is 2.24. The molecule has 5 nitrogen and oxygen atoms in total. The van der Waals surface area contributed by atoms with Crippen molar-refractivity contribution in [3.63, 3.8) is 0 Å². The van der Waals surface area contributed by atoms with Gasteiger partial charge in [-0.3, -0.25) is 9.59 Å². The molecule has 1 amide bonds. The second-order valence-electron chi connectivity index (χ2n) is 5.81. The summed E-state index contributed by atoms with van der Waals surface area (Å²) in [5.41, 5.74) is 0.895. The molecule has 2 N–H and O–H groups in total. The van der Waals surface area contributed by atoms with E-state index in [1.165, 1.54) is 0 Å². The van der Waals surface area contributed by atoms with Gasteiger partial charge in [-0.1, -0.05) is 37.6 Å². The number of carboxylic acid groups (broad SMARTS) is 1. The standard InChI is InChI=1S/C19H23NO4/c1-3-5-15(19(22)23)12-20-18(21)10-14-7-4-6-13-8-9-16(24-2)11-17(13)14/h4,6-9,11,15H,3,5,10,12H2,1-2H3,(H,20,21)(H,22,23). The van der Waals surface area contributed by atoms with E-state index in [4.69, 9.17) is 9.84 Å². The second kappa shape index (κ2) is 8.34. The van der Waals surface area contributed by atoms with Crippen molar-refractivity contribution in [1.82, 2.24) is 5.32 Å². The highest BCUT2D eigenvalue weighted by atomic mass is 16.5. The van der Waals surface area contributed by atoms with Gasteiger partial charge in [-0.05, 0) is 34.9 Å². The van der Waals surface area contributed by atoms with Gasteiger partial charge in [0.25, 0.3) is 0 Å². The van der Waals surface area contributed by atoms with Crippen LogP contribution in [0.25, 0.3) is 10.8 Å². The lowest BCUT2D eigenvalue weighted by atomic mass is 10.0. The summed E-state index contributed by atoms with van der Waals surface area (Å²) in [7, 11) is 1.61. The Kier molecular flexibility index (Phi) is 6.18. The largest absolute Gasteiger partial charge is 0.497 e. The van der Waals surface area contributed by atoms with E-state index < -0.39 is 11.9 Å². The van der Waals surface area contributed by atoms with Crippen molar-refractivity contribution in [1.29, 1.82) is 0 Å². The molecule has 5 heteroatoms. The number of amides is 1. The molecule has 2 aromatic rings. The number of carbonyl (C=O) groups excluding carboxylic acids is 1. The number of carboxylic acids is 1. The first-order valence-corrected chi connectivity index (χ1v) is 8.10. The molecular weight excluding hydrogens is 306 g/mol. The Balaban J connectivity index is 2.08. The monoisotopic (exact) mass is 329 g/mol. The molecule has 24 heavy (non-hydrogen) atoms. The molecule has 0 aliphatic heterocycles. The molecule has 0 spiro atoms. The zero-order chi connectivity index (χ0) is 17.5. The van der Waals surface area contributed by atoms with Crippen LogP contribution in [0.1, 0.15) is 25.3 Å². The molecule has 0 saturated heterocycles. The Morgan fingerprint density at radius 2 is 2.04 bits per heavy atom. The number of ether oxygens (including phenoxy) is 1. The van der Waals surface area contributed by atoms with Crippen molar-refractivity contribution >= 4 is 22.6 Å². The lowest BCUT2D eigenvalue weighted by molar-refractivity contribution is -0.141. The second-order valence-corrected chi connectivity index (χ2v) is 5.81. The number of carbonyl (C=O) groups is 2. The van der Waals surface area contributed by atoms with Gasteiger partial charge in [-0.2, -0.15) is 0 Å². The SMILES string of the molecule is CCCC(CNC(=O)Cc1cccc2ccc(OC)cc12)C(=O)O. The number of hydrogen-bond donors (Lipinski definition) is 2. The molecule has 0 heterocycles. The summed E-state index contributed by atoms with van der Waals surface area (Å²) in [6, 6.07) is 11.6. The normalized spacial score (nSPS) is 11.9. The molecule has 0 saturated carbocycles. The molecule has 2 aromatic carbocycles. The third kappa shape index (κ3) is 4.47. The van der Waals surface area contributed by atoms with E-state index in [0.717, 1.165) is 28.5 Å². The molecule has 1 atom stereocenters. The van der Waals surface area contributed by atoms with E-state index in [-0.39, 0.29) is 18.9 Å². The maximum Gasteiger partial charge on any atom is 0.308 e. The fraction of sp³-hybridized carbons (Fsp3) is 0.368. The predicted octanol–water partition coefficient (Wildman–Crippen LogP) is 3.01. The summed E-state index contributed by atoms with van der Waals surface area (Å²) in [6.07, 6.45) is 1.54. The summed E-state index contributed by atoms with van der Waals surface area (Å²) in [5, 5.41) is 13.9. The molecule has 2 rings (SSSR count). The molecular formula is C19H23NO4. The minimum absolute atomic E-state index is 0.163. The lowest BCUT2D eigenvalue weighted by Crippen LogP contribution is -2.33. The van der Waals surface area contributed by atoms with Gasteiger partial charge in [-0.15, -0.1) is 0 Å². The van der Waals surface area contributed by atoms with Gasteiger partial charge in [0.05, 0.1) is 19.4 Å². The zero-order valence-electron chi connectivity index (χ0n) is 14.0. The fourth-order valence-corrected chi connectivity index (χ4v) is 2.73. The summed E-state index contributed by atoms with van der Waals surface area (Å²) < 4.78 is 5.25. The summed E-state index contributed by atoms with van der Waals surface area (Å²) in [6.45, 7) is 2.09. The minimum Gasteiger partial charge on any atom is -0.497 e. The van der Waals surface area contributed by atoms with Crippen LogP contribution in [0.4, 0.5) is 0 Å². The van der Waals surface area contributed by atoms with E-state index in [1.54, 1.807) is 7.11 Å². The van der Waals surface area contributed by atoms with Crippen LogP contribution < -0.4 is 10.1 Å². The van der Waals surface area contributed by atoms with E-state index >= 15 is 0 Å². The van der Waals surface area contributed by atoms with Gasteiger partial charge in [0, 0.05) is 6.54 Å². The van der Waals surface area contributed by atoms with E-state index in [1.807, 2.05) is 43.3 Å². The van der Waals surface area contributed by atoms with Gasteiger partial charge in [0.15, 0.2) is 0 Å². The first-order chi connectivity index (χ1) is 11.5. The maximum atomic E-state index is 12.2. The average molecular weight is 329 g/mol. The fourth-order valence-electron chi connectivity index (χ4n) is 2.73. The van der Waals surface area contributed by atoms with Crippen molar-refractivity contribution in [3.05, 3.63) is 42.0 Å². The number of benzene rings is 2. The molecule has 0 radical (unpaired) electrons. The smallest absolute Gasteiger partial charge is 0.308 e. The van der Waals surface area contributed by atoms with E-state index in [0.29, 0.717) is 6.42 Å². The van der Waals surface area contributed by atoms with Crippen LogP contribution in [0, 0.1) is 5.92 Å². The molecule has 0 aliphatic rings. The topological polar surface area (TPSA) is 75.6 Å². The van der Waals surface area contributed by atoms with Crippen LogP contribution in [0.2, 0.25) is 0 Å². The number of methoxy groups -OCH3 is 1. The minimum atomic E-state index is -0.868. The molecule has 0 aromatic heterocycles. The highest BCUT2D eigenvalue weighted by Gasteiger charge is 2.17. The highest BCUT2D eigenvalue weighted by molar-refractivity contribution is 5.91. The Hall–Kier alpha value is -2.56. The van der Waals surface area contributed by atoms with Gasteiger partial charge in [0.2, 0.25) is 5.91 Å². The van der Waals surface area contributed by atoms with Gasteiger partial charge in [0.1, 0.15) is 5.75 Å². The zero-order valence-corrected chi connectivity index (χ0v) is 14.0. The molecule has 0 bridgehead atoms. The van der Waals surface area contributed by atoms with Crippen molar-refractivity contribution < 1.29 is 19.4 Å². The Morgan fingerprint density at radius 3 is 2.71 bits per heavy atom. The molecule has 1 unspecified atom stereocenters. The predicted molar refractivity (Wildman–Crippen MR) is 93.2 cm³/mol. The van der Waals surface area contributed by atoms with Crippen molar-refractivity contribution in [3.8, 4) is 5.75 Å². The average Bonchev–Trinajstić information content (AvgIpc) is 2.58. The van der Waals surface area contributed by atoms with Gasteiger partial charge in [-0.25, -0.2) is 0 Å². The number of hydrogen-bond acceptors (Lipinski definition) is 3. The lowest BCUT2D eigenvalue weighted by Gasteiger charge is -2.13. The van der Waals surface area contributed by atoms with Crippen LogP contribution in [-0.2, 0) is 16.0 Å². The maximum absolute atomic E-state index is 12.2. The third-order valence-electron chi connectivity index (χ3n) is 4.06. The van der Waals surface area contributed by atoms with Crippen LogP contribution in [-0.4, -0.2) is 30.6 Å². The van der Waals surface area contributed by atoms with Gasteiger partial charge < -0.3 is 15.2 Å². The Labute approximate surface area is 141 Å². The Morgan fingerprint density at radius 1 is 1.25 bits per heavy atom. The molecule has 0 fully saturated rings. The van der Waals surface area contributed by atoms with Crippen molar-refractivity contribution in [2.24, 2.45) is 5.92 Å². The number of aliphatic carboxylic acids is 1. The third-order valence-corrected chi connectivity index (χ3v) is 4.06. The number of nitrogens with one attached hydrogen (secondary N) is 1. The molecule has 128 valence electrons. The first-order valence-electron chi connectivity index (χ1n) is 8.10. The summed E-state index contributed by atoms with van der Waals surface area (Å²) in [5.74, 6) is -0.837. The summed E-state index contributed by atoms with van der Waals surface area (Å²) >= 11 is 0. The van der Waals surface area contributed by atoms with Crippen LogP contribution in [0.3, 0.4) is 0 Å². The number of fused-ring (bicyclic) bond motifs is 1. The van der Waals surface area contributed by atoms with Crippen LogP contribution in [0.5, 0.6) is 5.75 Å².